The maximum absolute atomic E-state index is 11.7. The minimum atomic E-state index is -0.113. The van der Waals surface area contributed by atoms with Gasteiger partial charge in [0.05, 0.1) is 6.04 Å². The maximum atomic E-state index is 11.7. The first-order valence-electron chi connectivity index (χ1n) is 6.00. The summed E-state index contributed by atoms with van der Waals surface area (Å²) in [6.07, 6.45) is 3.81. The van der Waals surface area contributed by atoms with Crippen molar-refractivity contribution in [3.8, 4) is 0 Å². The van der Waals surface area contributed by atoms with Gasteiger partial charge in [-0.15, -0.1) is 0 Å². The third kappa shape index (κ3) is 3.43. The van der Waals surface area contributed by atoms with Gasteiger partial charge in [-0.05, 0) is 26.3 Å². The van der Waals surface area contributed by atoms with Gasteiger partial charge in [-0.3, -0.25) is 15.1 Å². The first-order chi connectivity index (χ1) is 7.70. The van der Waals surface area contributed by atoms with E-state index in [1.54, 1.807) is 0 Å². The van der Waals surface area contributed by atoms with Crippen molar-refractivity contribution in [2.45, 2.75) is 44.7 Å². The fourth-order valence-electron chi connectivity index (χ4n) is 2.24. The Balaban J connectivity index is 2.57. The Hall–Kier alpha value is -0.650. The van der Waals surface area contributed by atoms with Gasteiger partial charge in [0, 0.05) is 19.3 Å². The van der Waals surface area contributed by atoms with E-state index in [1.165, 1.54) is 0 Å². The molecule has 0 spiro atoms. The molecule has 0 bridgehead atoms. The van der Waals surface area contributed by atoms with Crippen molar-refractivity contribution in [3.63, 3.8) is 0 Å². The number of hydrazine groups is 1. The normalized spacial score (nSPS) is 19.8. The van der Waals surface area contributed by atoms with Gasteiger partial charge in [-0.2, -0.15) is 0 Å². The molecule has 0 aromatic heterocycles. The lowest BCUT2D eigenvalue weighted by atomic mass is 10.0. The molecule has 1 amide bonds. The Bertz CT molecular complexity index is 217. The molecular weight excluding hydrogens is 206 g/mol. The Morgan fingerprint density at radius 1 is 1.56 bits per heavy atom. The molecule has 5 heteroatoms. The van der Waals surface area contributed by atoms with Crippen molar-refractivity contribution in [3.05, 3.63) is 0 Å². The number of carbonyl (C=O) groups excluding carboxylic acids is 1. The van der Waals surface area contributed by atoms with Crippen LogP contribution in [0.15, 0.2) is 0 Å². The molecule has 1 unspecified atom stereocenters. The van der Waals surface area contributed by atoms with E-state index in [0.717, 1.165) is 38.9 Å². The van der Waals surface area contributed by atoms with Crippen molar-refractivity contribution in [2.75, 3.05) is 20.3 Å². The zero-order valence-corrected chi connectivity index (χ0v) is 10.2. The molecule has 1 saturated heterocycles. The summed E-state index contributed by atoms with van der Waals surface area (Å²) in [7, 11) is 2.01. The van der Waals surface area contributed by atoms with Crippen LogP contribution >= 0.6 is 0 Å². The minimum Gasteiger partial charge on any atom is -0.381 e. The summed E-state index contributed by atoms with van der Waals surface area (Å²) < 4.78 is 5.32. The average molecular weight is 229 g/mol. The van der Waals surface area contributed by atoms with E-state index in [0.29, 0.717) is 6.04 Å². The van der Waals surface area contributed by atoms with Gasteiger partial charge in [0.1, 0.15) is 0 Å². The highest BCUT2D eigenvalue weighted by Gasteiger charge is 2.28. The fraction of sp³-hybridized carbons (Fsp3) is 0.909. The lowest BCUT2D eigenvalue weighted by molar-refractivity contribution is -0.128. The smallest absolute Gasteiger partial charge is 0.251 e. The number of hydrogen-bond donors (Lipinski definition) is 2. The SMILES string of the molecule is CCCC(C(=O)NN)N(C)C1CCOCC1. The van der Waals surface area contributed by atoms with Gasteiger partial charge < -0.3 is 4.74 Å². The van der Waals surface area contributed by atoms with Crippen LogP contribution in [0.5, 0.6) is 0 Å². The lowest BCUT2D eigenvalue weighted by Crippen LogP contribution is -2.52. The molecule has 1 aliphatic heterocycles. The minimum absolute atomic E-state index is 0.0872. The first-order valence-corrected chi connectivity index (χ1v) is 6.00. The van der Waals surface area contributed by atoms with E-state index in [4.69, 9.17) is 10.6 Å². The highest BCUT2D eigenvalue weighted by atomic mass is 16.5. The van der Waals surface area contributed by atoms with Crippen LogP contribution in [-0.2, 0) is 9.53 Å². The van der Waals surface area contributed by atoms with Crippen LogP contribution in [0.4, 0.5) is 0 Å². The van der Waals surface area contributed by atoms with Gasteiger partial charge in [-0.1, -0.05) is 13.3 Å². The van der Waals surface area contributed by atoms with Crippen LogP contribution < -0.4 is 11.3 Å². The molecule has 94 valence electrons. The van der Waals surface area contributed by atoms with E-state index in [-0.39, 0.29) is 11.9 Å². The van der Waals surface area contributed by atoms with Gasteiger partial charge in [0.25, 0.3) is 5.91 Å². The second-order valence-electron chi connectivity index (χ2n) is 4.32. The molecular formula is C11H23N3O2. The van der Waals surface area contributed by atoms with E-state index < -0.39 is 0 Å². The van der Waals surface area contributed by atoms with Crippen molar-refractivity contribution >= 4 is 5.91 Å². The number of ether oxygens (including phenoxy) is 1. The number of rotatable bonds is 5. The maximum Gasteiger partial charge on any atom is 0.251 e. The predicted octanol–water partition coefficient (Wildman–Crippen LogP) is 0.256. The first kappa shape index (κ1) is 13.4. The Labute approximate surface area is 97.3 Å². The number of likely N-dealkylation sites (N-methyl/N-ethyl adjacent to an activating group) is 1. The van der Waals surface area contributed by atoms with Crippen LogP contribution in [0.1, 0.15) is 32.6 Å². The van der Waals surface area contributed by atoms with E-state index in [9.17, 15) is 4.79 Å². The van der Waals surface area contributed by atoms with Crippen LogP contribution in [0.25, 0.3) is 0 Å². The topological polar surface area (TPSA) is 67.6 Å². The van der Waals surface area contributed by atoms with Gasteiger partial charge in [0.2, 0.25) is 0 Å². The average Bonchev–Trinajstić information content (AvgIpc) is 2.35. The number of hydrogen-bond acceptors (Lipinski definition) is 4. The monoisotopic (exact) mass is 229 g/mol. The third-order valence-corrected chi connectivity index (χ3v) is 3.27. The van der Waals surface area contributed by atoms with Gasteiger partial charge in [0.15, 0.2) is 0 Å². The lowest BCUT2D eigenvalue weighted by Gasteiger charge is -2.36. The predicted molar refractivity (Wildman–Crippen MR) is 62.6 cm³/mol. The molecule has 1 rings (SSSR count). The third-order valence-electron chi connectivity index (χ3n) is 3.27. The van der Waals surface area contributed by atoms with Crippen LogP contribution in [0.3, 0.4) is 0 Å². The molecule has 0 aromatic rings. The van der Waals surface area contributed by atoms with Crippen LogP contribution in [0, 0.1) is 0 Å². The largest absolute Gasteiger partial charge is 0.381 e. The zero-order valence-electron chi connectivity index (χ0n) is 10.2. The molecule has 3 N–H and O–H groups in total. The van der Waals surface area contributed by atoms with Gasteiger partial charge >= 0.3 is 0 Å². The summed E-state index contributed by atoms with van der Waals surface area (Å²) in [6.45, 7) is 3.66. The molecule has 1 atom stereocenters. The standard InChI is InChI=1S/C11H23N3O2/c1-3-4-10(11(15)13-12)14(2)9-5-7-16-8-6-9/h9-10H,3-8,12H2,1-2H3,(H,13,15). The fourth-order valence-corrected chi connectivity index (χ4v) is 2.24. The van der Waals surface area contributed by atoms with Crippen LogP contribution in [0.2, 0.25) is 0 Å². The van der Waals surface area contributed by atoms with E-state index in [2.05, 4.69) is 17.2 Å². The molecule has 0 saturated carbocycles. The molecule has 16 heavy (non-hydrogen) atoms. The van der Waals surface area contributed by atoms with Crippen molar-refractivity contribution in [2.24, 2.45) is 5.84 Å². The Morgan fingerprint density at radius 2 is 2.19 bits per heavy atom. The summed E-state index contributed by atoms with van der Waals surface area (Å²) in [4.78, 5) is 13.8. The van der Waals surface area contributed by atoms with Crippen molar-refractivity contribution < 1.29 is 9.53 Å². The number of amides is 1. The van der Waals surface area contributed by atoms with E-state index in [1.807, 2.05) is 7.05 Å². The number of nitrogens with zero attached hydrogens (tertiary/aromatic N) is 1. The highest BCUT2D eigenvalue weighted by molar-refractivity contribution is 5.81. The number of nitrogens with two attached hydrogens (primary N) is 1. The molecule has 0 aromatic carbocycles. The molecule has 1 fully saturated rings. The van der Waals surface area contributed by atoms with Crippen LogP contribution in [-0.4, -0.2) is 43.2 Å². The van der Waals surface area contributed by atoms with E-state index >= 15 is 0 Å². The summed E-state index contributed by atoms with van der Waals surface area (Å²) >= 11 is 0. The quantitative estimate of drug-likeness (QED) is 0.403. The van der Waals surface area contributed by atoms with Crippen molar-refractivity contribution in [1.82, 2.24) is 10.3 Å². The summed E-state index contributed by atoms with van der Waals surface area (Å²) in [6, 6.07) is 0.320. The molecule has 5 nitrogen and oxygen atoms in total. The number of nitrogens with one attached hydrogen (secondary N) is 1. The molecule has 0 aliphatic carbocycles. The summed E-state index contributed by atoms with van der Waals surface area (Å²) in [5, 5.41) is 0. The van der Waals surface area contributed by atoms with Crippen molar-refractivity contribution in [1.29, 1.82) is 0 Å². The molecule has 1 aliphatic rings. The molecule has 0 radical (unpaired) electrons. The number of carbonyl (C=O) groups is 1. The van der Waals surface area contributed by atoms with Gasteiger partial charge in [-0.25, -0.2) is 5.84 Å². The summed E-state index contributed by atoms with van der Waals surface area (Å²) in [5.74, 6) is 5.13. The second kappa shape index (κ2) is 6.83. The highest BCUT2D eigenvalue weighted by Crippen LogP contribution is 2.17. The Kier molecular flexibility index (Phi) is 5.73. The zero-order chi connectivity index (χ0) is 12.0. The summed E-state index contributed by atoms with van der Waals surface area (Å²) in [5.41, 5.74) is 2.26. The Morgan fingerprint density at radius 3 is 2.69 bits per heavy atom. The second-order valence-corrected chi connectivity index (χ2v) is 4.32. The molecule has 1 heterocycles.